The van der Waals surface area contributed by atoms with Crippen LogP contribution in [0.25, 0.3) is 10.8 Å². The number of carbonyl (C=O) groups excluding carboxylic acids is 3. The Bertz CT molecular complexity index is 1230. The molecule has 0 radical (unpaired) electrons. The lowest BCUT2D eigenvalue weighted by molar-refractivity contribution is -0.230. The van der Waals surface area contributed by atoms with Gasteiger partial charge in [0.05, 0.1) is 22.6 Å². The number of nitrogens with zero attached hydrogens (tertiary/aromatic N) is 1. The molecule has 0 saturated heterocycles. The molecule has 3 saturated carbocycles. The van der Waals surface area contributed by atoms with Gasteiger partial charge >= 0.3 is 5.97 Å². The van der Waals surface area contributed by atoms with Crippen LogP contribution >= 0.6 is 11.6 Å². The van der Waals surface area contributed by atoms with E-state index in [2.05, 4.69) is 5.32 Å². The lowest BCUT2D eigenvalue weighted by atomic mass is 9.34. The Labute approximate surface area is 210 Å². The SMILES string of the molecule is C[C@H](N)C(=O)Nc1cc2c(c3ccccc13)[C@H](CCl)CN2C(=O)C12CC(C(=O)OC(C)(C)C)(C1)C2. The van der Waals surface area contributed by atoms with Gasteiger partial charge in [-0.25, -0.2) is 0 Å². The Balaban J connectivity index is 1.47. The predicted molar refractivity (Wildman–Crippen MR) is 137 cm³/mol. The van der Waals surface area contributed by atoms with Crippen molar-refractivity contribution in [2.45, 2.75) is 64.5 Å². The summed E-state index contributed by atoms with van der Waals surface area (Å²) in [5, 5.41) is 4.78. The maximum absolute atomic E-state index is 13.9. The number of benzene rings is 2. The van der Waals surface area contributed by atoms with E-state index in [0.29, 0.717) is 37.4 Å². The van der Waals surface area contributed by atoms with Gasteiger partial charge in [0.25, 0.3) is 0 Å². The number of carbonyl (C=O) groups is 3. The summed E-state index contributed by atoms with van der Waals surface area (Å²) in [5.74, 6) is -0.116. The van der Waals surface area contributed by atoms with E-state index in [4.69, 9.17) is 22.1 Å². The zero-order chi connectivity index (χ0) is 25.3. The van der Waals surface area contributed by atoms with Crippen molar-refractivity contribution in [3.8, 4) is 0 Å². The van der Waals surface area contributed by atoms with Crippen LogP contribution in [0.3, 0.4) is 0 Å². The molecular formula is C27H32ClN3O4. The molecule has 3 N–H and O–H groups in total. The first kappa shape index (κ1) is 24.1. The largest absolute Gasteiger partial charge is 0.460 e. The highest BCUT2D eigenvalue weighted by molar-refractivity contribution is 6.19. The number of fused-ring (bicyclic) bond motifs is 3. The third kappa shape index (κ3) is 3.71. The predicted octanol–water partition coefficient (Wildman–Crippen LogP) is 4.31. The maximum atomic E-state index is 13.9. The molecule has 2 aromatic rings. The minimum atomic E-state index is -0.667. The van der Waals surface area contributed by atoms with Crippen molar-refractivity contribution >= 4 is 51.5 Å². The maximum Gasteiger partial charge on any atom is 0.312 e. The number of halogens is 1. The summed E-state index contributed by atoms with van der Waals surface area (Å²) in [5.41, 5.74) is 6.60. The van der Waals surface area contributed by atoms with Gasteiger partial charge in [-0.2, -0.15) is 0 Å². The molecule has 1 heterocycles. The third-order valence-corrected chi connectivity index (χ3v) is 7.96. The van der Waals surface area contributed by atoms with Crippen LogP contribution in [0, 0.1) is 10.8 Å². The highest BCUT2D eigenvalue weighted by Gasteiger charge is 2.76. The van der Waals surface area contributed by atoms with Gasteiger partial charge in [0.2, 0.25) is 11.8 Å². The van der Waals surface area contributed by atoms with E-state index in [9.17, 15) is 14.4 Å². The number of ether oxygens (including phenoxy) is 1. The number of amides is 2. The number of hydrogen-bond donors (Lipinski definition) is 2. The van der Waals surface area contributed by atoms with E-state index < -0.39 is 22.5 Å². The highest BCUT2D eigenvalue weighted by atomic mass is 35.5. The van der Waals surface area contributed by atoms with Crippen LogP contribution < -0.4 is 16.0 Å². The molecule has 35 heavy (non-hydrogen) atoms. The third-order valence-electron chi connectivity index (χ3n) is 7.59. The summed E-state index contributed by atoms with van der Waals surface area (Å²) in [7, 11) is 0. The van der Waals surface area contributed by atoms with Gasteiger partial charge in [-0.05, 0) is 64.0 Å². The van der Waals surface area contributed by atoms with E-state index in [1.54, 1.807) is 6.92 Å². The number of nitrogens with one attached hydrogen (secondary N) is 1. The molecule has 1 aliphatic heterocycles. The molecule has 2 atom stereocenters. The van der Waals surface area contributed by atoms with Crippen LogP contribution in [-0.4, -0.2) is 41.9 Å². The summed E-state index contributed by atoms with van der Waals surface area (Å²) in [6.07, 6.45) is 1.56. The Kier molecular flexibility index (Phi) is 5.46. The molecule has 186 valence electrons. The molecule has 0 unspecified atom stereocenters. The second kappa shape index (κ2) is 7.93. The van der Waals surface area contributed by atoms with Gasteiger partial charge in [-0.1, -0.05) is 24.3 Å². The molecule has 2 aromatic carbocycles. The van der Waals surface area contributed by atoms with Crippen molar-refractivity contribution in [1.29, 1.82) is 0 Å². The van der Waals surface area contributed by atoms with Crippen LogP contribution in [0.5, 0.6) is 0 Å². The average Bonchev–Trinajstić information content (AvgIpc) is 3.09. The zero-order valence-electron chi connectivity index (χ0n) is 20.6. The van der Waals surface area contributed by atoms with Gasteiger partial charge in [0.15, 0.2) is 0 Å². The summed E-state index contributed by atoms with van der Waals surface area (Å²) >= 11 is 6.38. The molecule has 8 heteroatoms. The van der Waals surface area contributed by atoms with E-state index in [-0.39, 0.29) is 23.7 Å². The lowest BCUT2D eigenvalue weighted by Crippen LogP contribution is -2.71. The molecule has 2 amide bonds. The molecule has 2 bridgehead atoms. The fourth-order valence-corrected chi connectivity index (χ4v) is 6.27. The van der Waals surface area contributed by atoms with Crippen LogP contribution in [0.2, 0.25) is 0 Å². The second-order valence-electron chi connectivity index (χ2n) is 11.5. The number of alkyl halides is 1. The minimum absolute atomic E-state index is 0.0223. The molecule has 4 aliphatic rings. The molecule has 7 nitrogen and oxygen atoms in total. The number of esters is 1. The summed E-state index contributed by atoms with van der Waals surface area (Å²) in [6.45, 7) is 7.69. The Morgan fingerprint density at radius 3 is 2.37 bits per heavy atom. The first-order valence-corrected chi connectivity index (χ1v) is 12.7. The Morgan fingerprint density at radius 1 is 1.17 bits per heavy atom. The van der Waals surface area contributed by atoms with Crippen molar-refractivity contribution in [1.82, 2.24) is 0 Å². The molecule has 6 rings (SSSR count). The van der Waals surface area contributed by atoms with Crippen LogP contribution in [0.15, 0.2) is 30.3 Å². The van der Waals surface area contributed by atoms with E-state index >= 15 is 0 Å². The quantitative estimate of drug-likeness (QED) is 0.473. The zero-order valence-corrected chi connectivity index (χ0v) is 21.4. The molecule has 3 fully saturated rings. The van der Waals surface area contributed by atoms with Gasteiger partial charge in [-0.3, -0.25) is 14.4 Å². The number of rotatable bonds is 5. The first-order chi connectivity index (χ1) is 16.4. The average molecular weight is 498 g/mol. The van der Waals surface area contributed by atoms with Crippen molar-refractivity contribution < 1.29 is 19.1 Å². The van der Waals surface area contributed by atoms with Gasteiger partial charge in [-0.15, -0.1) is 11.6 Å². The Hall–Kier alpha value is -2.64. The number of nitrogens with two attached hydrogens (primary N) is 1. The van der Waals surface area contributed by atoms with Crippen LogP contribution in [-0.2, 0) is 19.1 Å². The van der Waals surface area contributed by atoms with Crippen molar-refractivity contribution in [2.24, 2.45) is 16.6 Å². The Morgan fingerprint density at radius 2 is 1.80 bits per heavy atom. The minimum Gasteiger partial charge on any atom is -0.460 e. The van der Waals surface area contributed by atoms with E-state index in [0.717, 1.165) is 22.0 Å². The van der Waals surface area contributed by atoms with Crippen molar-refractivity contribution in [3.63, 3.8) is 0 Å². The molecule has 0 aromatic heterocycles. The summed E-state index contributed by atoms with van der Waals surface area (Å²) in [6, 6.07) is 9.02. The van der Waals surface area contributed by atoms with Crippen molar-refractivity contribution in [3.05, 3.63) is 35.9 Å². The van der Waals surface area contributed by atoms with E-state index in [1.165, 1.54) is 0 Å². The lowest BCUT2D eigenvalue weighted by Gasteiger charge is -2.67. The highest BCUT2D eigenvalue weighted by Crippen LogP contribution is 2.74. The summed E-state index contributed by atoms with van der Waals surface area (Å²) < 4.78 is 5.61. The van der Waals surface area contributed by atoms with Gasteiger partial charge in [0.1, 0.15) is 5.60 Å². The molecule has 3 aliphatic carbocycles. The van der Waals surface area contributed by atoms with E-state index in [1.807, 2.05) is 56.0 Å². The normalized spacial score (nSPS) is 27.5. The number of hydrogen-bond acceptors (Lipinski definition) is 5. The standard InChI is InChI=1S/C27H32ClN3O4/c1-15(29)22(32)30-19-9-20-21(18-8-6-5-7-17(18)19)16(10-28)11-31(20)23(33)26-12-27(13-26,14-26)24(34)35-25(2,3)4/h5-9,15-16H,10-14,29H2,1-4H3,(H,30,32)/t15-,16+,26?,27?/m0/s1. The van der Waals surface area contributed by atoms with Gasteiger partial charge < -0.3 is 20.7 Å². The fraction of sp³-hybridized carbons (Fsp3) is 0.519. The number of anilines is 2. The summed E-state index contributed by atoms with van der Waals surface area (Å²) in [4.78, 5) is 40.8. The first-order valence-electron chi connectivity index (χ1n) is 12.1. The van der Waals surface area contributed by atoms with Crippen molar-refractivity contribution in [2.75, 3.05) is 22.6 Å². The molecular weight excluding hydrogens is 466 g/mol. The monoisotopic (exact) mass is 497 g/mol. The van der Waals surface area contributed by atoms with Crippen LogP contribution in [0.1, 0.15) is 58.4 Å². The van der Waals surface area contributed by atoms with Crippen LogP contribution in [0.4, 0.5) is 11.4 Å². The topological polar surface area (TPSA) is 102 Å². The molecule has 0 spiro atoms. The van der Waals surface area contributed by atoms with Gasteiger partial charge in [0, 0.05) is 29.4 Å². The fourth-order valence-electron chi connectivity index (χ4n) is 6.02. The smallest absolute Gasteiger partial charge is 0.312 e. The second-order valence-corrected chi connectivity index (χ2v) is 11.8.